The molecule has 1 aliphatic rings. The molecule has 1 aromatic heterocycles. The first-order valence-corrected chi connectivity index (χ1v) is 7.85. The molecule has 0 spiro atoms. The van der Waals surface area contributed by atoms with Crippen molar-refractivity contribution in [3.63, 3.8) is 0 Å². The Morgan fingerprint density at radius 1 is 1.36 bits per heavy atom. The Bertz CT molecular complexity index is 685. The molecule has 2 aromatic rings. The molecule has 0 radical (unpaired) electrons. The number of aliphatic carboxylic acids is 1. The summed E-state index contributed by atoms with van der Waals surface area (Å²) in [5, 5.41) is 8.75. The van der Waals surface area contributed by atoms with Crippen molar-refractivity contribution >= 4 is 17.1 Å². The Morgan fingerprint density at radius 2 is 2.09 bits per heavy atom. The Hall–Kier alpha value is -1.88. The van der Waals surface area contributed by atoms with E-state index < -0.39 is 5.97 Å². The molecule has 0 saturated carbocycles. The van der Waals surface area contributed by atoms with Crippen LogP contribution >= 0.6 is 0 Å². The van der Waals surface area contributed by atoms with E-state index >= 15 is 0 Å². The number of hydrogen-bond acceptors (Lipinski definition) is 4. The molecule has 5 heteroatoms. The van der Waals surface area contributed by atoms with Gasteiger partial charge in [0.1, 0.15) is 5.52 Å². The molecule has 0 aliphatic carbocycles. The lowest BCUT2D eigenvalue weighted by atomic mass is 9.97. The molecule has 3 rings (SSSR count). The maximum atomic E-state index is 10.6. The molecule has 118 valence electrons. The second-order valence-electron chi connectivity index (χ2n) is 6.24. The Kier molecular flexibility index (Phi) is 4.16. The molecule has 2 heterocycles. The third-order valence-electron chi connectivity index (χ3n) is 4.42. The van der Waals surface area contributed by atoms with Gasteiger partial charge in [-0.1, -0.05) is 6.07 Å². The van der Waals surface area contributed by atoms with E-state index in [1.165, 1.54) is 5.56 Å². The number of rotatable bonds is 4. The minimum atomic E-state index is -0.730. The Morgan fingerprint density at radius 3 is 2.77 bits per heavy atom. The second kappa shape index (κ2) is 6.08. The smallest absolute Gasteiger partial charge is 0.304 e. The number of benzene rings is 1. The molecular weight excluding hydrogens is 280 g/mol. The SMILES string of the molecule is Cc1cc(C)c2oc(C3CCN(CCC(=O)O)CC3)nc2c1. The molecule has 0 unspecified atom stereocenters. The number of fused-ring (bicyclic) bond motifs is 1. The summed E-state index contributed by atoms with van der Waals surface area (Å²) < 4.78 is 6.00. The maximum Gasteiger partial charge on any atom is 0.304 e. The molecule has 0 bridgehead atoms. The average molecular weight is 302 g/mol. The van der Waals surface area contributed by atoms with Crippen LogP contribution in [-0.2, 0) is 4.79 Å². The number of aromatic nitrogens is 1. The van der Waals surface area contributed by atoms with Gasteiger partial charge >= 0.3 is 5.97 Å². The van der Waals surface area contributed by atoms with Crippen LogP contribution in [0.4, 0.5) is 0 Å². The van der Waals surface area contributed by atoms with E-state index in [2.05, 4.69) is 35.9 Å². The lowest BCUT2D eigenvalue weighted by Gasteiger charge is -2.29. The van der Waals surface area contributed by atoms with Crippen molar-refractivity contribution in [2.45, 2.75) is 39.0 Å². The maximum absolute atomic E-state index is 10.6. The van der Waals surface area contributed by atoms with E-state index in [4.69, 9.17) is 9.52 Å². The van der Waals surface area contributed by atoms with Crippen molar-refractivity contribution in [3.8, 4) is 0 Å². The molecule has 0 amide bonds. The van der Waals surface area contributed by atoms with E-state index in [1.807, 2.05) is 0 Å². The van der Waals surface area contributed by atoms with Crippen LogP contribution in [-0.4, -0.2) is 40.6 Å². The quantitative estimate of drug-likeness (QED) is 0.940. The summed E-state index contributed by atoms with van der Waals surface area (Å²) in [7, 11) is 0. The van der Waals surface area contributed by atoms with Gasteiger partial charge in [-0.2, -0.15) is 0 Å². The summed E-state index contributed by atoms with van der Waals surface area (Å²) in [6.45, 7) is 6.58. The zero-order chi connectivity index (χ0) is 15.7. The van der Waals surface area contributed by atoms with Crippen molar-refractivity contribution in [1.82, 2.24) is 9.88 Å². The second-order valence-corrected chi connectivity index (χ2v) is 6.24. The zero-order valence-corrected chi connectivity index (χ0v) is 13.1. The highest BCUT2D eigenvalue weighted by Gasteiger charge is 2.25. The highest BCUT2D eigenvalue weighted by Crippen LogP contribution is 2.31. The lowest BCUT2D eigenvalue weighted by molar-refractivity contribution is -0.137. The van der Waals surface area contributed by atoms with Gasteiger partial charge in [-0.15, -0.1) is 0 Å². The van der Waals surface area contributed by atoms with E-state index in [0.29, 0.717) is 12.5 Å². The molecule has 1 saturated heterocycles. The van der Waals surface area contributed by atoms with Gasteiger partial charge < -0.3 is 14.4 Å². The number of carboxylic acids is 1. The van der Waals surface area contributed by atoms with Gasteiger partial charge in [-0.3, -0.25) is 4.79 Å². The number of nitrogens with zero attached hydrogens (tertiary/aromatic N) is 2. The first kappa shape index (κ1) is 15.0. The van der Waals surface area contributed by atoms with Crippen LogP contribution in [0.1, 0.15) is 42.2 Å². The largest absolute Gasteiger partial charge is 0.481 e. The summed E-state index contributed by atoms with van der Waals surface area (Å²) >= 11 is 0. The summed E-state index contributed by atoms with van der Waals surface area (Å²) in [5.74, 6) is 0.446. The van der Waals surface area contributed by atoms with Crippen LogP contribution in [0.15, 0.2) is 16.5 Å². The van der Waals surface area contributed by atoms with Crippen LogP contribution in [0.3, 0.4) is 0 Å². The van der Waals surface area contributed by atoms with Crippen molar-refractivity contribution in [2.24, 2.45) is 0 Å². The normalized spacial score (nSPS) is 17.2. The van der Waals surface area contributed by atoms with E-state index in [-0.39, 0.29) is 6.42 Å². The fourth-order valence-corrected chi connectivity index (χ4v) is 3.23. The predicted molar refractivity (Wildman–Crippen MR) is 84.2 cm³/mol. The van der Waals surface area contributed by atoms with Gasteiger partial charge in [0, 0.05) is 12.5 Å². The Balaban J connectivity index is 1.69. The van der Waals surface area contributed by atoms with Crippen molar-refractivity contribution in [3.05, 3.63) is 29.2 Å². The van der Waals surface area contributed by atoms with Gasteiger partial charge in [0.05, 0.1) is 6.42 Å². The third kappa shape index (κ3) is 3.14. The molecule has 1 fully saturated rings. The number of likely N-dealkylation sites (tertiary alicyclic amines) is 1. The monoisotopic (exact) mass is 302 g/mol. The minimum absolute atomic E-state index is 0.214. The van der Waals surface area contributed by atoms with Crippen LogP contribution in [0.25, 0.3) is 11.1 Å². The van der Waals surface area contributed by atoms with Crippen LogP contribution in [0, 0.1) is 13.8 Å². The fraction of sp³-hybridized carbons (Fsp3) is 0.529. The lowest BCUT2D eigenvalue weighted by Crippen LogP contribution is -2.34. The number of oxazole rings is 1. The summed E-state index contributed by atoms with van der Waals surface area (Å²) in [5.41, 5.74) is 4.18. The van der Waals surface area contributed by atoms with Gasteiger partial charge in [0.25, 0.3) is 0 Å². The van der Waals surface area contributed by atoms with Crippen molar-refractivity contribution in [2.75, 3.05) is 19.6 Å². The Labute approximate surface area is 129 Å². The topological polar surface area (TPSA) is 66.6 Å². The highest BCUT2D eigenvalue weighted by molar-refractivity contribution is 5.77. The first-order valence-electron chi connectivity index (χ1n) is 7.85. The molecule has 5 nitrogen and oxygen atoms in total. The number of aryl methyl sites for hydroxylation is 2. The van der Waals surface area contributed by atoms with Crippen molar-refractivity contribution in [1.29, 1.82) is 0 Å². The van der Waals surface area contributed by atoms with Crippen LogP contribution in [0.2, 0.25) is 0 Å². The van der Waals surface area contributed by atoms with Gasteiger partial charge in [0.15, 0.2) is 11.5 Å². The molecule has 1 aromatic carbocycles. The molecule has 22 heavy (non-hydrogen) atoms. The molecule has 0 atom stereocenters. The molecule has 1 aliphatic heterocycles. The van der Waals surface area contributed by atoms with E-state index in [0.717, 1.165) is 48.5 Å². The average Bonchev–Trinajstić information content (AvgIpc) is 2.90. The van der Waals surface area contributed by atoms with Crippen LogP contribution < -0.4 is 0 Å². The summed E-state index contributed by atoms with van der Waals surface area (Å²) in [4.78, 5) is 17.5. The highest BCUT2D eigenvalue weighted by atomic mass is 16.4. The number of piperidine rings is 1. The molecular formula is C17H22N2O3. The van der Waals surface area contributed by atoms with Gasteiger partial charge in [0.2, 0.25) is 0 Å². The van der Waals surface area contributed by atoms with E-state index in [9.17, 15) is 4.79 Å². The minimum Gasteiger partial charge on any atom is -0.481 e. The van der Waals surface area contributed by atoms with Crippen molar-refractivity contribution < 1.29 is 14.3 Å². The predicted octanol–water partition coefficient (Wildman–Crippen LogP) is 3.10. The van der Waals surface area contributed by atoms with Gasteiger partial charge in [-0.05, 0) is 57.0 Å². The number of hydrogen-bond donors (Lipinski definition) is 1. The number of carbonyl (C=O) groups is 1. The van der Waals surface area contributed by atoms with E-state index in [1.54, 1.807) is 0 Å². The van der Waals surface area contributed by atoms with Crippen LogP contribution in [0.5, 0.6) is 0 Å². The molecule has 1 N–H and O–H groups in total. The third-order valence-corrected chi connectivity index (χ3v) is 4.42. The standard InChI is InChI=1S/C17H22N2O3/c1-11-9-12(2)16-14(10-11)18-17(22-16)13-3-6-19(7-4-13)8-5-15(20)21/h9-10,13H,3-8H2,1-2H3,(H,20,21). The first-order chi connectivity index (χ1) is 10.5. The summed E-state index contributed by atoms with van der Waals surface area (Å²) in [6, 6.07) is 4.18. The fourth-order valence-electron chi connectivity index (χ4n) is 3.23. The number of carboxylic acid groups (broad SMARTS) is 1. The van der Waals surface area contributed by atoms with Gasteiger partial charge in [-0.25, -0.2) is 4.98 Å². The summed E-state index contributed by atoms with van der Waals surface area (Å²) in [6.07, 6.45) is 2.17. The zero-order valence-electron chi connectivity index (χ0n) is 13.1.